The van der Waals surface area contributed by atoms with Gasteiger partial charge in [0, 0.05) is 12.6 Å². The average molecular weight is 248 g/mol. The maximum absolute atomic E-state index is 11.8. The number of benzene rings is 1. The number of para-hydroxylation sites is 1. The number of rotatable bonds is 2. The SMILES string of the molecule is CC1CN(C)CCC1NC(=O)Oc1ccccc1. The van der Waals surface area contributed by atoms with Gasteiger partial charge in [0.05, 0.1) is 0 Å². The summed E-state index contributed by atoms with van der Waals surface area (Å²) in [6, 6.07) is 9.35. The van der Waals surface area contributed by atoms with E-state index in [9.17, 15) is 4.79 Å². The van der Waals surface area contributed by atoms with E-state index >= 15 is 0 Å². The van der Waals surface area contributed by atoms with E-state index in [0.29, 0.717) is 11.7 Å². The molecule has 0 aliphatic carbocycles. The first-order valence-electron chi connectivity index (χ1n) is 6.37. The lowest BCUT2D eigenvalue weighted by molar-refractivity contribution is 0.156. The average Bonchev–Trinajstić information content (AvgIpc) is 2.34. The van der Waals surface area contributed by atoms with E-state index < -0.39 is 0 Å². The molecule has 1 fully saturated rings. The molecule has 4 nitrogen and oxygen atoms in total. The highest BCUT2D eigenvalue weighted by molar-refractivity contribution is 5.70. The van der Waals surface area contributed by atoms with Crippen LogP contribution in [-0.2, 0) is 0 Å². The molecule has 0 aromatic heterocycles. The number of likely N-dealkylation sites (tertiary alicyclic amines) is 1. The molecular weight excluding hydrogens is 228 g/mol. The zero-order chi connectivity index (χ0) is 13.0. The van der Waals surface area contributed by atoms with Crippen LogP contribution >= 0.6 is 0 Å². The van der Waals surface area contributed by atoms with Gasteiger partial charge in [-0.15, -0.1) is 0 Å². The number of hydrogen-bond donors (Lipinski definition) is 1. The lowest BCUT2D eigenvalue weighted by atomic mass is 9.94. The minimum Gasteiger partial charge on any atom is -0.410 e. The first-order valence-corrected chi connectivity index (χ1v) is 6.37. The van der Waals surface area contributed by atoms with Gasteiger partial charge < -0.3 is 15.0 Å². The van der Waals surface area contributed by atoms with Gasteiger partial charge in [-0.25, -0.2) is 4.79 Å². The number of amides is 1. The first-order chi connectivity index (χ1) is 8.65. The van der Waals surface area contributed by atoms with Crippen LogP contribution in [-0.4, -0.2) is 37.2 Å². The smallest absolute Gasteiger partial charge is 0.410 e. The molecule has 2 unspecified atom stereocenters. The molecule has 4 heteroatoms. The topological polar surface area (TPSA) is 41.6 Å². The Bertz CT molecular complexity index is 394. The zero-order valence-electron chi connectivity index (χ0n) is 10.9. The fourth-order valence-corrected chi connectivity index (χ4v) is 2.34. The molecule has 1 aliphatic heterocycles. The molecule has 1 aromatic rings. The summed E-state index contributed by atoms with van der Waals surface area (Å²) in [6.45, 7) is 4.18. The molecule has 0 radical (unpaired) electrons. The van der Waals surface area contributed by atoms with Crippen LogP contribution in [0.5, 0.6) is 5.75 Å². The quantitative estimate of drug-likeness (QED) is 0.871. The Morgan fingerprint density at radius 2 is 2.11 bits per heavy atom. The highest BCUT2D eigenvalue weighted by Crippen LogP contribution is 2.16. The van der Waals surface area contributed by atoms with Crippen LogP contribution < -0.4 is 10.1 Å². The molecule has 98 valence electrons. The van der Waals surface area contributed by atoms with Crippen LogP contribution in [0.2, 0.25) is 0 Å². The van der Waals surface area contributed by atoms with Gasteiger partial charge in [0.25, 0.3) is 0 Å². The Morgan fingerprint density at radius 1 is 1.39 bits per heavy atom. The third kappa shape index (κ3) is 3.47. The van der Waals surface area contributed by atoms with Crippen molar-refractivity contribution in [3.05, 3.63) is 30.3 Å². The van der Waals surface area contributed by atoms with E-state index in [4.69, 9.17) is 4.74 Å². The summed E-state index contributed by atoms with van der Waals surface area (Å²) in [5, 5.41) is 2.95. The Balaban J connectivity index is 1.84. The summed E-state index contributed by atoms with van der Waals surface area (Å²) in [5.41, 5.74) is 0. The van der Waals surface area contributed by atoms with Crippen molar-refractivity contribution in [3.63, 3.8) is 0 Å². The van der Waals surface area contributed by atoms with Gasteiger partial charge in [0.1, 0.15) is 5.75 Å². The molecular formula is C14H20N2O2. The van der Waals surface area contributed by atoms with Crippen LogP contribution in [0, 0.1) is 5.92 Å². The van der Waals surface area contributed by atoms with Crippen molar-refractivity contribution >= 4 is 6.09 Å². The van der Waals surface area contributed by atoms with Crippen LogP contribution in [0.1, 0.15) is 13.3 Å². The summed E-state index contributed by atoms with van der Waals surface area (Å²) >= 11 is 0. The van der Waals surface area contributed by atoms with Gasteiger partial charge in [-0.1, -0.05) is 25.1 Å². The fraction of sp³-hybridized carbons (Fsp3) is 0.500. The van der Waals surface area contributed by atoms with Gasteiger partial charge in [-0.3, -0.25) is 0 Å². The number of ether oxygens (including phenoxy) is 1. The van der Waals surface area contributed by atoms with Crippen LogP contribution in [0.25, 0.3) is 0 Å². The zero-order valence-corrected chi connectivity index (χ0v) is 10.9. The van der Waals surface area contributed by atoms with Crippen molar-refractivity contribution in [2.75, 3.05) is 20.1 Å². The van der Waals surface area contributed by atoms with E-state index in [2.05, 4.69) is 24.2 Å². The minimum atomic E-state index is -0.359. The lowest BCUT2D eigenvalue weighted by Gasteiger charge is -2.34. The predicted octanol–water partition coefficient (Wildman–Crippen LogP) is 2.12. The summed E-state index contributed by atoms with van der Waals surface area (Å²) in [4.78, 5) is 14.0. The van der Waals surface area contributed by atoms with Crippen LogP contribution in [0.3, 0.4) is 0 Å². The largest absolute Gasteiger partial charge is 0.412 e. The second-order valence-electron chi connectivity index (χ2n) is 4.98. The van der Waals surface area contributed by atoms with E-state index in [0.717, 1.165) is 19.5 Å². The molecule has 1 N–H and O–H groups in total. The third-order valence-corrected chi connectivity index (χ3v) is 3.37. The number of carbonyl (C=O) groups excluding carboxylic acids is 1. The van der Waals surface area contributed by atoms with E-state index in [1.165, 1.54) is 0 Å². The van der Waals surface area contributed by atoms with Gasteiger partial charge in [0.2, 0.25) is 0 Å². The van der Waals surface area contributed by atoms with E-state index in [-0.39, 0.29) is 12.1 Å². The Morgan fingerprint density at radius 3 is 2.78 bits per heavy atom. The molecule has 1 amide bonds. The summed E-state index contributed by atoms with van der Waals surface area (Å²) < 4.78 is 5.23. The first kappa shape index (κ1) is 12.9. The van der Waals surface area contributed by atoms with E-state index in [1.807, 2.05) is 18.2 Å². The van der Waals surface area contributed by atoms with Crippen molar-refractivity contribution in [2.45, 2.75) is 19.4 Å². The third-order valence-electron chi connectivity index (χ3n) is 3.37. The predicted molar refractivity (Wildman–Crippen MR) is 70.7 cm³/mol. The second kappa shape index (κ2) is 5.87. The van der Waals surface area contributed by atoms with Gasteiger partial charge >= 0.3 is 6.09 Å². The monoisotopic (exact) mass is 248 g/mol. The Hall–Kier alpha value is -1.55. The maximum Gasteiger partial charge on any atom is 0.412 e. The van der Waals surface area contributed by atoms with E-state index in [1.54, 1.807) is 12.1 Å². The van der Waals surface area contributed by atoms with Crippen molar-refractivity contribution in [1.29, 1.82) is 0 Å². The summed E-state index contributed by atoms with van der Waals surface area (Å²) in [7, 11) is 2.11. The molecule has 1 heterocycles. The number of hydrogen-bond acceptors (Lipinski definition) is 3. The van der Waals surface area contributed by atoms with Gasteiger partial charge in [-0.05, 0) is 38.1 Å². The summed E-state index contributed by atoms with van der Waals surface area (Å²) in [5.74, 6) is 1.03. The second-order valence-corrected chi connectivity index (χ2v) is 4.98. The van der Waals surface area contributed by atoms with Gasteiger partial charge in [0.15, 0.2) is 0 Å². The van der Waals surface area contributed by atoms with Crippen molar-refractivity contribution in [2.24, 2.45) is 5.92 Å². The number of nitrogens with one attached hydrogen (secondary N) is 1. The highest BCUT2D eigenvalue weighted by atomic mass is 16.6. The summed E-state index contributed by atoms with van der Waals surface area (Å²) in [6.07, 6.45) is 0.615. The molecule has 1 aliphatic rings. The molecule has 1 saturated heterocycles. The molecule has 1 aromatic carbocycles. The number of nitrogens with zero attached hydrogens (tertiary/aromatic N) is 1. The van der Waals surface area contributed by atoms with Crippen LogP contribution in [0.15, 0.2) is 30.3 Å². The Kier molecular flexibility index (Phi) is 4.20. The standard InChI is InChI=1S/C14H20N2O2/c1-11-10-16(2)9-8-13(11)15-14(17)18-12-6-4-3-5-7-12/h3-7,11,13H,8-10H2,1-2H3,(H,15,17). The fourth-order valence-electron chi connectivity index (χ4n) is 2.34. The number of piperidine rings is 1. The van der Waals surface area contributed by atoms with Crippen molar-refractivity contribution in [3.8, 4) is 5.75 Å². The minimum absolute atomic E-state index is 0.206. The van der Waals surface area contributed by atoms with Crippen molar-refractivity contribution < 1.29 is 9.53 Å². The highest BCUT2D eigenvalue weighted by Gasteiger charge is 2.25. The Labute approximate surface area is 108 Å². The molecule has 0 saturated carbocycles. The molecule has 2 rings (SSSR count). The molecule has 18 heavy (non-hydrogen) atoms. The lowest BCUT2D eigenvalue weighted by Crippen LogP contribution is -2.49. The van der Waals surface area contributed by atoms with Crippen LogP contribution in [0.4, 0.5) is 4.79 Å². The molecule has 2 atom stereocenters. The maximum atomic E-state index is 11.8. The van der Waals surface area contributed by atoms with Gasteiger partial charge in [-0.2, -0.15) is 0 Å². The molecule has 0 bridgehead atoms. The molecule has 0 spiro atoms. The van der Waals surface area contributed by atoms with Crippen molar-refractivity contribution in [1.82, 2.24) is 10.2 Å². The normalized spacial score (nSPS) is 24.6. The number of carbonyl (C=O) groups is 1.